The molecule has 7 heteroatoms. The standard InChI is InChI=1S/C14H19N5O2/c1-9(2)16-14-18-13(8-15-19-14)17-10-5-6-11(20-3)12(7-10)21-4/h5-9H,1-4H3,(H2,16,17,18,19). The van der Waals surface area contributed by atoms with E-state index in [1.165, 1.54) is 0 Å². The Bertz CT molecular complexity index is 604. The van der Waals surface area contributed by atoms with Gasteiger partial charge in [-0.05, 0) is 26.0 Å². The summed E-state index contributed by atoms with van der Waals surface area (Å²) in [5.74, 6) is 2.40. The largest absolute Gasteiger partial charge is 0.493 e. The molecule has 0 fully saturated rings. The molecule has 7 nitrogen and oxygen atoms in total. The predicted octanol–water partition coefficient (Wildman–Crippen LogP) is 2.45. The van der Waals surface area contributed by atoms with Crippen LogP contribution < -0.4 is 20.1 Å². The molecule has 0 amide bonds. The number of anilines is 3. The maximum atomic E-state index is 5.27. The van der Waals surface area contributed by atoms with E-state index in [2.05, 4.69) is 25.8 Å². The Hall–Kier alpha value is -2.57. The van der Waals surface area contributed by atoms with Crippen LogP contribution in [0.15, 0.2) is 24.4 Å². The molecular weight excluding hydrogens is 270 g/mol. The first-order valence-corrected chi connectivity index (χ1v) is 6.57. The van der Waals surface area contributed by atoms with Crippen molar-refractivity contribution in [2.24, 2.45) is 0 Å². The molecule has 0 aliphatic rings. The fraction of sp³-hybridized carbons (Fsp3) is 0.357. The first-order chi connectivity index (χ1) is 10.1. The Morgan fingerprint density at radius 3 is 2.52 bits per heavy atom. The van der Waals surface area contributed by atoms with Crippen LogP contribution in [0.5, 0.6) is 11.5 Å². The van der Waals surface area contributed by atoms with Crippen molar-refractivity contribution in [1.82, 2.24) is 15.2 Å². The SMILES string of the molecule is COc1ccc(Nc2cnnc(NC(C)C)n2)cc1OC. The number of rotatable bonds is 6. The van der Waals surface area contributed by atoms with Gasteiger partial charge in [0, 0.05) is 17.8 Å². The number of nitrogens with one attached hydrogen (secondary N) is 2. The number of methoxy groups -OCH3 is 2. The second kappa shape index (κ2) is 6.74. The van der Waals surface area contributed by atoms with Crippen molar-refractivity contribution in [3.8, 4) is 11.5 Å². The summed E-state index contributed by atoms with van der Waals surface area (Å²) in [6.45, 7) is 4.02. The van der Waals surface area contributed by atoms with E-state index in [1.54, 1.807) is 20.4 Å². The van der Waals surface area contributed by atoms with Gasteiger partial charge in [-0.1, -0.05) is 0 Å². The Labute approximate surface area is 123 Å². The number of aromatic nitrogens is 3. The van der Waals surface area contributed by atoms with Gasteiger partial charge < -0.3 is 20.1 Å². The van der Waals surface area contributed by atoms with Gasteiger partial charge in [0.2, 0.25) is 5.95 Å². The summed E-state index contributed by atoms with van der Waals surface area (Å²) in [6.07, 6.45) is 1.56. The first kappa shape index (κ1) is 14.8. The van der Waals surface area contributed by atoms with Gasteiger partial charge in [-0.2, -0.15) is 10.1 Å². The van der Waals surface area contributed by atoms with Gasteiger partial charge in [0.1, 0.15) is 0 Å². The number of nitrogens with zero attached hydrogens (tertiary/aromatic N) is 3. The number of benzene rings is 1. The number of hydrogen-bond donors (Lipinski definition) is 2. The van der Waals surface area contributed by atoms with Crippen molar-refractivity contribution < 1.29 is 9.47 Å². The number of ether oxygens (including phenoxy) is 2. The molecule has 2 N–H and O–H groups in total. The molecule has 0 saturated heterocycles. The summed E-state index contributed by atoms with van der Waals surface area (Å²) >= 11 is 0. The van der Waals surface area contributed by atoms with Gasteiger partial charge in [-0.15, -0.1) is 5.10 Å². The molecule has 0 unspecified atom stereocenters. The van der Waals surface area contributed by atoms with E-state index in [-0.39, 0.29) is 6.04 Å². The van der Waals surface area contributed by atoms with Gasteiger partial charge in [-0.25, -0.2) is 0 Å². The predicted molar refractivity (Wildman–Crippen MR) is 81.4 cm³/mol. The van der Waals surface area contributed by atoms with E-state index in [1.807, 2.05) is 32.0 Å². The zero-order chi connectivity index (χ0) is 15.2. The third-order valence-electron chi connectivity index (χ3n) is 2.63. The number of hydrogen-bond acceptors (Lipinski definition) is 7. The van der Waals surface area contributed by atoms with Gasteiger partial charge in [-0.3, -0.25) is 0 Å². The molecule has 112 valence electrons. The molecule has 2 rings (SSSR count). The van der Waals surface area contributed by atoms with Crippen LogP contribution >= 0.6 is 0 Å². The summed E-state index contributed by atoms with van der Waals surface area (Å²) in [5.41, 5.74) is 0.823. The Kier molecular flexibility index (Phi) is 4.76. The van der Waals surface area contributed by atoms with Crippen LogP contribution in [0, 0.1) is 0 Å². The lowest BCUT2D eigenvalue weighted by Crippen LogP contribution is -2.13. The smallest absolute Gasteiger partial charge is 0.244 e. The highest BCUT2D eigenvalue weighted by atomic mass is 16.5. The van der Waals surface area contributed by atoms with Crippen LogP contribution in [-0.2, 0) is 0 Å². The highest BCUT2D eigenvalue weighted by Gasteiger charge is 2.06. The minimum Gasteiger partial charge on any atom is -0.493 e. The van der Waals surface area contributed by atoms with Crippen molar-refractivity contribution in [1.29, 1.82) is 0 Å². The molecule has 0 atom stereocenters. The highest BCUT2D eigenvalue weighted by Crippen LogP contribution is 2.30. The van der Waals surface area contributed by atoms with Crippen molar-refractivity contribution in [2.75, 3.05) is 24.9 Å². The Balaban J connectivity index is 2.18. The zero-order valence-electron chi connectivity index (χ0n) is 12.5. The maximum Gasteiger partial charge on any atom is 0.244 e. The van der Waals surface area contributed by atoms with E-state index in [4.69, 9.17) is 9.47 Å². The molecule has 0 aliphatic heterocycles. The minimum atomic E-state index is 0.239. The Morgan fingerprint density at radius 1 is 1.10 bits per heavy atom. The first-order valence-electron chi connectivity index (χ1n) is 6.57. The van der Waals surface area contributed by atoms with Crippen molar-refractivity contribution in [3.05, 3.63) is 24.4 Å². The summed E-state index contributed by atoms with van der Waals surface area (Å²) in [7, 11) is 3.20. The van der Waals surface area contributed by atoms with Crippen LogP contribution in [0.2, 0.25) is 0 Å². The molecule has 0 saturated carbocycles. The lowest BCUT2D eigenvalue weighted by atomic mass is 10.2. The fourth-order valence-corrected chi connectivity index (χ4v) is 1.74. The van der Waals surface area contributed by atoms with E-state index in [9.17, 15) is 0 Å². The normalized spacial score (nSPS) is 10.3. The molecule has 2 aromatic rings. The molecule has 1 heterocycles. The highest BCUT2D eigenvalue weighted by molar-refractivity contribution is 5.61. The van der Waals surface area contributed by atoms with Crippen LogP contribution in [0.3, 0.4) is 0 Å². The molecule has 21 heavy (non-hydrogen) atoms. The topological polar surface area (TPSA) is 81.2 Å². The fourth-order valence-electron chi connectivity index (χ4n) is 1.74. The molecular formula is C14H19N5O2. The second-order valence-electron chi connectivity index (χ2n) is 4.66. The van der Waals surface area contributed by atoms with Crippen LogP contribution in [-0.4, -0.2) is 35.4 Å². The lowest BCUT2D eigenvalue weighted by molar-refractivity contribution is 0.355. The maximum absolute atomic E-state index is 5.27. The van der Waals surface area contributed by atoms with Crippen molar-refractivity contribution in [3.63, 3.8) is 0 Å². The van der Waals surface area contributed by atoms with Crippen LogP contribution in [0.4, 0.5) is 17.5 Å². The lowest BCUT2D eigenvalue weighted by Gasteiger charge is -2.11. The molecule has 1 aromatic carbocycles. The summed E-state index contributed by atoms with van der Waals surface area (Å²) in [6, 6.07) is 5.77. The summed E-state index contributed by atoms with van der Waals surface area (Å²) in [4.78, 5) is 4.34. The molecule has 0 radical (unpaired) electrons. The van der Waals surface area contributed by atoms with E-state index >= 15 is 0 Å². The summed E-state index contributed by atoms with van der Waals surface area (Å²) < 4.78 is 10.5. The van der Waals surface area contributed by atoms with Gasteiger partial charge in [0.15, 0.2) is 17.3 Å². The van der Waals surface area contributed by atoms with Gasteiger partial charge >= 0.3 is 0 Å². The summed E-state index contributed by atoms with van der Waals surface area (Å²) in [5, 5.41) is 14.1. The van der Waals surface area contributed by atoms with Crippen molar-refractivity contribution in [2.45, 2.75) is 19.9 Å². The third-order valence-corrected chi connectivity index (χ3v) is 2.63. The average molecular weight is 289 g/mol. The van der Waals surface area contributed by atoms with Crippen LogP contribution in [0.25, 0.3) is 0 Å². The van der Waals surface area contributed by atoms with Gasteiger partial charge in [0.05, 0.1) is 20.4 Å². The quantitative estimate of drug-likeness (QED) is 0.845. The van der Waals surface area contributed by atoms with E-state index in [0.29, 0.717) is 23.3 Å². The molecule has 1 aromatic heterocycles. The van der Waals surface area contributed by atoms with Crippen molar-refractivity contribution >= 4 is 17.5 Å². The molecule has 0 aliphatic carbocycles. The van der Waals surface area contributed by atoms with Gasteiger partial charge in [0.25, 0.3) is 0 Å². The van der Waals surface area contributed by atoms with Crippen LogP contribution in [0.1, 0.15) is 13.8 Å². The van der Waals surface area contributed by atoms with E-state index in [0.717, 1.165) is 5.69 Å². The molecule has 0 spiro atoms. The van der Waals surface area contributed by atoms with E-state index < -0.39 is 0 Å². The average Bonchev–Trinajstić information content (AvgIpc) is 2.46. The second-order valence-corrected chi connectivity index (χ2v) is 4.66. The monoisotopic (exact) mass is 289 g/mol. The minimum absolute atomic E-state index is 0.239. The molecule has 0 bridgehead atoms. The Morgan fingerprint density at radius 2 is 1.86 bits per heavy atom. The zero-order valence-corrected chi connectivity index (χ0v) is 12.5. The third kappa shape index (κ3) is 3.95.